The quantitative estimate of drug-likeness (QED) is 0.761. The van der Waals surface area contributed by atoms with Gasteiger partial charge in [0.1, 0.15) is 0 Å². The molecule has 0 aliphatic heterocycles. The highest BCUT2D eigenvalue weighted by Crippen LogP contribution is 2.26. The lowest BCUT2D eigenvalue weighted by Gasteiger charge is -2.18. The summed E-state index contributed by atoms with van der Waals surface area (Å²) in [5.41, 5.74) is 1.26. The maximum Gasteiger partial charge on any atom is 0.0420 e. The van der Waals surface area contributed by atoms with Crippen molar-refractivity contribution in [1.29, 1.82) is 0 Å². The van der Waals surface area contributed by atoms with E-state index in [0.29, 0.717) is 6.04 Å². The van der Waals surface area contributed by atoms with Crippen LogP contribution in [0.5, 0.6) is 0 Å². The number of hydrogen-bond acceptors (Lipinski definition) is 1. The molecule has 0 radical (unpaired) electrons. The Kier molecular flexibility index (Phi) is 6.53. The van der Waals surface area contributed by atoms with Gasteiger partial charge in [0.25, 0.3) is 0 Å². The minimum atomic E-state index is 0.392. The zero-order valence-corrected chi connectivity index (χ0v) is 13.1. The van der Waals surface area contributed by atoms with Crippen molar-refractivity contribution in [2.75, 3.05) is 7.05 Å². The van der Waals surface area contributed by atoms with E-state index < -0.39 is 0 Å². The van der Waals surface area contributed by atoms with Gasteiger partial charge < -0.3 is 5.32 Å². The molecule has 0 aromatic heterocycles. The number of hydrogen-bond donors (Lipinski definition) is 1. The summed E-state index contributed by atoms with van der Waals surface area (Å²) in [6.07, 6.45) is 3.68. The maximum absolute atomic E-state index is 6.08. The lowest BCUT2D eigenvalue weighted by molar-refractivity contribution is 0.470. The molecule has 0 aliphatic carbocycles. The van der Waals surface area contributed by atoms with E-state index in [-0.39, 0.29) is 0 Å². The normalized spacial score (nSPS) is 13.1. The standard InChI is InChI=1S/C14H21BrClN/c1-10(2)5-4-6-14(17-3)11-7-12(15)9-13(16)8-11/h7-10,14,17H,4-6H2,1-3H3. The van der Waals surface area contributed by atoms with Crippen molar-refractivity contribution in [1.82, 2.24) is 5.32 Å². The van der Waals surface area contributed by atoms with Crippen LogP contribution in [0, 0.1) is 5.92 Å². The van der Waals surface area contributed by atoms with Crippen molar-refractivity contribution in [2.45, 2.75) is 39.2 Å². The van der Waals surface area contributed by atoms with Crippen molar-refractivity contribution in [3.05, 3.63) is 33.3 Å². The molecule has 1 aromatic carbocycles. The molecule has 1 nitrogen and oxygen atoms in total. The van der Waals surface area contributed by atoms with E-state index in [1.54, 1.807) is 0 Å². The van der Waals surface area contributed by atoms with Gasteiger partial charge in [0.2, 0.25) is 0 Å². The van der Waals surface area contributed by atoms with Gasteiger partial charge in [0, 0.05) is 15.5 Å². The molecule has 17 heavy (non-hydrogen) atoms. The van der Waals surface area contributed by atoms with E-state index in [9.17, 15) is 0 Å². The molecular formula is C14H21BrClN. The molecule has 0 saturated heterocycles. The van der Waals surface area contributed by atoms with Crippen LogP contribution in [0.1, 0.15) is 44.7 Å². The summed E-state index contributed by atoms with van der Waals surface area (Å²) < 4.78 is 1.05. The Morgan fingerprint density at radius 3 is 2.47 bits per heavy atom. The van der Waals surface area contributed by atoms with Gasteiger partial charge in [-0.2, -0.15) is 0 Å². The number of benzene rings is 1. The fraction of sp³-hybridized carbons (Fsp3) is 0.571. The first kappa shape index (κ1) is 15.0. The molecule has 0 bridgehead atoms. The van der Waals surface area contributed by atoms with Gasteiger partial charge in [-0.15, -0.1) is 0 Å². The van der Waals surface area contributed by atoms with E-state index in [2.05, 4.69) is 41.2 Å². The van der Waals surface area contributed by atoms with Gasteiger partial charge in [-0.05, 0) is 43.1 Å². The summed E-state index contributed by atoms with van der Waals surface area (Å²) in [6, 6.07) is 6.50. The predicted molar refractivity (Wildman–Crippen MR) is 79.6 cm³/mol. The van der Waals surface area contributed by atoms with Crippen molar-refractivity contribution in [3.8, 4) is 0 Å². The molecule has 0 amide bonds. The Balaban J connectivity index is 2.65. The minimum absolute atomic E-state index is 0.392. The Bertz CT molecular complexity index is 332. The van der Waals surface area contributed by atoms with Crippen molar-refractivity contribution < 1.29 is 0 Å². The van der Waals surface area contributed by atoms with Crippen molar-refractivity contribution in [2.24, 2.45) is 5.92 Å². The van der Waals surface area contributed by atoms with Gasteiger partial charge in [-0.1, -0.05) is 54.2 Å². The van der Waals surface area contributed by atoms with Crippen LogP contribution in [0.25, 0.3) is 0 Å². The third kappa shape index (κ3) is 5.41. The number of nitrogens with one attached hydrogen (secondary N) is 1. The largest absolute Gasteiger partial charge is 0.313 e. The zero-order valence-electron chi connectivity index (χ0n) is 10.8. The van der Waals surface area contributed by atoms with Gasteiger partial charge >= 0.3 is 0 Å². The first-order chi connectivity index (χ1) is 8.02. The lowest BCUT2D eigenvalue weighted by atomic mass is 9.98. The van der Waals surface area contributed by atoms with Gasteiger partial charge in [-0.25, -0.2) is 0 Å². The third-order valence-corrected chi connectivity index (χ3v) is 3.59. The smallest absolute Gasteiger partial charge is 0.0420 e. The first-order valence-electron chi connectivity index (χ1n) is 6.16. The Labute approximate surface area is 118 Å². The fourth-order valence-electron chi connectivity index (χ4n) is 1.98. The highest BCUT2D eigenvalue weighted by molar-refractivity contribution is 9.10. The highest BCUT2D eigenvalue weighted by Gasteiger charge is 2.10. The van der Waals surface area contributed by atoms with Crippen LogP contribution >= 0.6 is 27.5 Å². The second kappa shape index (κ2) is 7.40. The Morgan fingerprint density at radius 1 is 1.24 bits per heavy atom. The average Bonchev–Trinajstić information content (AvgIpc) is 2.22. The summed E-state index contributed by atoms with van der Waals surface area (Å²) >= 11 is 9.57. The Hall–Kier alpha value is -0.0500. The molecule has 96 valence electrons. The highest BCUT2D eigenvalue weighted by atomic mass is 79.9. The summed E-state index contributed by atoms with van der Waals surface area (Å²) in [5.74, 6) is 0.776. The molecule has 0 aliphatic rings. The molecule has 1 rings (SSSR count). The molecule has 1 aromatic rings. The number of rotatable bonds is 6. The van der Waals surface area contributed by atoms with Crippen molar-refractivity contribution >= 4 is 27.5 Å². The minimum Gasteiger partial charge on any atom is -0.313 e. The zero-order chi connectivity index (χ0) is 12.8. The summed E-state index contributed by atoms with van der Waals surface area (Å²) in [5, 5.41) is 4.16. The maximum atomic E-state index is 6.08. The van der Waals surface area contributed by atoms with Crippen molar-refractivity contribution in [3.63, 3.8) is 0 Å². The fourth-order valence-corrected chi connectivity index (χ4v) is 2.87. The second-order valence-corrected chi connectivity index (χ2v) is 6.22. The van der Waals surface area contributed by atoms with Crippen LogP contribution in [-0.2, 0) is 0 Å². The first-order valence-corrected chi connectivity index (χ1v) is 7.33. The van der Waals surface area contributed by atoms with Gasteiger partial charge in [0.15, 0.2) is 0 Å². The Morgan fingerprint density at radius 2 is 1.94 bits per heavy atom. The molecular weight excluding hydrogens is 298 g/mol. The third-order valence-electron chi connectivity index (χ3n) is 2.91. The molecule has 0 saturated carbocycles. The van der Waals surface area contributed by atoms with Crippen LogP contribution in [0.2, 0.25) is 5.02 Å². The van der Waals surface area contributed by atoms with E-state index >= 15 is 0 Å². The van der Waals surface area contributed by atoms with Crippen LogP contribution in [-0.4, -0.2) is 7.05 Å². The van der Waals surface area contributed by atoms with Crippen LogP contribution in [0.3, 0.4) is 0 Å². The lowest BCUT2D eigenvalue weighted by Crippen LogP contribution is -2.16. The van der Waals surface area contributed by atoms with Crippen LogP contribution in [0.15, 0.2) is 22.7 Å². The summed E-state index contributed by atoms with van der Waals surface area (Å²) in [6.45, 7) is 4.54. The molecule has 0 heterocycles. The van der Waals surface area contributed by atoms with E-state index in [0.717, 1.165) is 21.8 Å². The molecule has 1 unspecified atom stereocenters. The van der Waals surface area contributed by atoms with E-state index in [4.69, 9.17) is 11.6 Å². The topological polar surface area (TPSA) is 12.0 Å². The molecule has 0 spiro atoms. The van der Waals surface area contributed by atoms with Gasteiger partial charge in [-0.3, -0.25) is 0 Å². The monoisotopic (exact) mass is 317 g/mol. The van der Waals surface area contributed by atoms with Crippen LogP contribution < -0.4 is 5.32 Å². The number of halogens is 2. The molecule has 1 atom stereocenters. The summed E-state index contributed by atoms with van der Waals surface area (Å²) in [7, 11) is 2.01. The van der Waals surface area contributed by atoms with Crippen LogP contribution in [0.4, 0.5) is 0 Å². The average molecular weight is 319 g/mol. The van der Waals surface area contributed by atoms with E-state index in [1.165, 1.54) is 18.4 Å². The predicted octanol–water partition coefficient (Wildman–Crippen LogP) is 5.19. The molecule has 0 fully saturated rings. The molecule has 3 heteroatoms. The van der Waals surface area contributed by atoms with E-state index in [1.807, 2.05) is 19.2 Å². The van der Waals surface area contributed by atoms with Gasteiger partial charge in [0.05, 0.1) is 0 Å². The SMILES string of the molecule is CNC(CCCC(C)C)c1cc(Cl)cc(Br)c1. The second-order valence-electron chi connectivity index (χ2n) is 4.87. The summed E-state index contributed by atoms with van der Waals surface area (Å²) in [4.78, 5) is 0. The molecule has 1 N–H and O–H groups in total.